The van der Waals surface area contributed by atoms with Gasteiger partial charge >= 0.3 is 0 Å². The molecular formula is C34H30N2O5. The zero-order valence-corrected chi connectivity index (χ0v) is 23.1. The van der Waals surface area contributed by atoms with Gasteiger partial charge in [0.2, 0.25) is 11.8 Å². The average molecular weight is 547 g/mol. The molecule has 41 heavy (non-hydrogen) atoms. The SMILES string of the molecule is Cc1cc(C)c2nc3c(cc2c1)[C@@H](CC(=O)N1CCCCC1)c1c(cc(O)c2c(=O)cc(-c4ccccc4)oc12)O3. The van der Waals surface area contributed by atoms with Crippen molar-refractivity contribution in [1.29, 1.82) is 0 Å². The Morgan fingerprint density at radius 1 is 1.02 bits per heavy atom. The first-order valence-corrected chi connectivity index (χ1v) is 14.1. The van der Waals surface area contributed by atoms with E-state index in [1.807, 2.05) is 55.1 Å². The third-order valence-electron chi connectivity index (χ3n) is 8.30. The third-order valence-corrected chi connectivity index (χ3v) is 8.30. The second-order valence-electron chi connectivity index (χ2n) is 11.2. The number of ether oxygens (including phenoxy) is 1. The van der Waals surface area contributed by atoms with Gasteiger partial charge in [0.1, 0.15) is 28.2 Å². The monoisotopic (exact) mass is 546 g/mol. The normalized spacial score (nSPS) is 16.3. The van der Waals surface area contributed by atoms with E-state index in [1.165, 1.54) is 12.1 Å². The van der Waals surface area contributed by atoms with Crippen LogP contribution in [0.1, 0.15) is 53.9 Å². The number of phenolic OH excluding ortho intramolecular Hbond substituents is 1. The number of hydrogen-bond donors (Lipinski definition) is 1. The minimum absolute atomic E-state index is 0.0387. The van der Waals surface area contributed by atoms with Crippen molar-refractivity contribution in [2.75, 3.05) is 13.1 Å². The van der Waals surface area contributed by atoms with E-state index in [0.717, 1.165) is 65.5 Å². The third kappa shape index (κ3) is 4.32. The van der Waals surface area contributed by atoms with Gasteiger partial charge in [-0.15, -0.1) is 0 Å². The predicted octanol–water partition coefficient (Wildman–Crippen LogP) is 6.97. The molecule has 0 saturated carbocycles. The van der Waals surface area contributed by atoms with E-state index in [9.17, 15) is 14.7 Å². The number of amides is 1. The van der Waals surface area contributed by atoms with Crippen LogP contribution < -0.4 is 10.2 Å². The van der Waals surface area contributed by atoms with Crippen molar-refractivity contribution in [3.05, 3.63) is 93.1 Å². The lowest BCUT2D eigenvalue weighted by Gasteiger charge is -2.32. The lowest BCUT2D eigenvalue weighted by molar-refractivity contribution is -0.132. The fraction of sp³-hybridized carbons (Fsp3) is 0.265. The maximum Gasteiger partial charge on any atom is 0.223 e. The summed E-state index contributed by atoms with van der Waals surface area (Å²) < 4.78 is 12.8. The van der Waals surface area contributed by atoms with Gasteiger partial charge in [0.15, 0.2) is 5.43 Å². The Balaban J connectivity index is 1.48. The predicted molar refractivity (Wildman–Crippen MR) is 158 cm³/mol. The van der Waals surface area contributed by atoms with Gasteiger partial charge in [-0.05, 0) is 50.8 Å². The van der Waals surface area contributed by atoms with E-state index < -0.39 is 5.92 Å². The number of hydrogen-bond acceptors (Lipinski definition) is 6. The van der Waals surface area contributed by atoms with Crippen molar-refractivity contribution in [3.8, 4) is 28.7 Å². The van der Waals surface area contributed by atoms with Crippen molar-refractivity contribution >= 4 is 27.8 Å². The zero-order valence-electron chi connectivity index (χ0n) is 23.1. The molecule has 206 valence electrons. The summed E-state index contributed by atoms with van der Waals surface area (Å²) in [5.74, 6) is 0.433. The molecule has 3 aromatic carbocycles. The second-order valence-corrected chi connectivity index (χ2v) is 11.2. The molecule has 0 unspecified atom stereocenters. The van der Waals surface area contributed by atoms with Crippen molar-refractivity contribution < 1.29 is 19.1 Å². The van der Waals surface area contributed by atoms with E-state index in [-0.39, 0.29) is 34.5 Å². The Morgan fingerprint density at radius 2 is 1.80 bits per heavy atom. The molecule has 7 heteroatoms. The molecule has 1 saturated heterocycles. The highest BCUT2D eigenvalue weighted by atomic mass is 16.5. The molecule has 4 heterocycles. The van der Waals surface area contributed by atoms with Gasteiger partial charge in [0.25, 0.3) is 0 Å². The van der Waals surface area contributed by atoms with E-state index in [2.05, 4.69) is 12.1 Å². The Labute approximate surface area is 237 Å². The first kappa shape index (κ1) is 25.3. The highest BCUT2D eigenvalue weighted by molar-refractivity contribution is 5.93. The van der Waals surface area contributed by atoms with Crippen molar-refractivity contribution in [2.45, 2.75) is 45.4 Å². The van der Waals surface area contributed by atoms with Gasteiger partial charge in [0, 0.05) is 59.6 Å². The summed E-state index contributed by atoms with van der Waals surface area (Å²) in [4.78, 5) is 34.0. The number of aromatic hydroxyl groups is 1. The molecule has 1 atom stereocenters. The Morgan fingerprint density at radius 3 is 2.59 bits per heavy atom. The maximum absolute atomic E-state index is 13.7. The average Bonchev–Trinajstić information content (AvgIpc) is 2.97. The molecule has 1 fully saturated rings. The van der Waals surface area contributed by atoms with Crippen molar-refractivity contribution in [3.63, 3.8) is 0 Å². The standard InChI is InChI=1S/C34H30N2O5/c1-19-13-20(2)32-22(14-19)15-24-23(16-29(39)36-11-7-4-8-12-36)30-28(41-34(24)35-32)18-26(38)31-25(37)17-27(40-33(30)31)21-9-5-3-6-10-21/h3,5-6,9-10,13-15,17-18,23,38H,4,7-8,11-12,16H2,1-2H3/t23-/m1/s1. The van der Waals surface area contributed by atoms with Crippen LogP contribution >= 0.6 is 0 Å². The number of nitrogens with zero attached hydrogens (tertiary/aromatic N) is 2. The molecular weight excluding hydrogens is 516 g/mol. The number of piperidine rings is 1. The van der Waals surface area contributed by atoms with Gasteiger partial charge in [-0.2, -0.15) is 0 Å². The van der Waals surface area contributed by atoms with Crippen LogP contribution in [0.4, 0.5) is 0 Å². The molecule has 2 aromatic heterocycles. The van der Waals surface area contributed by atoms with Crippen LogP contribution in [0.2, 0.25) is 0 Å². The van der Waals surface area contributed by atoms with Crippen LogP contribution in [0.15, 0.2) is 69.9 Å². The van der Waals surface area contributed by atoms with Crippen LogP contribution in [-0.4, -0.2) is 34.0 Å². The molecule has 0 spiro atoms. The number of aryl methyl sites for hydroxylation is 2. The number of carbonyl (C=O) groups is 1. The minimum atomic E-state index is -0.488. The molecule has 0 bridgehead atoms. The summed E-state index contributed by atoms with van der Waals surface area (Å²) >= 11 is 0. The highest BCUT2D eigenvalue weighted by Crippen LogP contribution is 2.51. The summed E-state index contributed by atoms with van der Waals surface area (Å²) in [6, 6.07) is 18.4. The number of likely N-dealkylation sites (tertiary alicyclic amines) is 1. The van der Waals surface area contributed by atoms with Gasteiger partial charge in [-0.25, -0.2) is 4.98 Å². The highest BCUT2D eigenvalue weighted by Gasteiger charge is 2.36. The molecule has 7 rings (SSSR count). The maximum atomic E-state index is 13.7. The molecule has 2 aliphatic heterocycles. The first-order valence-electron chi connectivity index (χ1n) is 14.1. The number of benzene rings is 3. The largest absolute Gasteiger partial charge is 0.507 e. The topological polar surface area (TPSA) is 92.9 Å². The van der Waals surface area contributed by atoms with E-state index in [4.69, 9.17) is 14.1 Å². The molecule has 5 aromatic rings. The Hall–Kier alpha value is -4.65. The summed E-state index contributed by atoms with van der Waals surface area (Å²) in [6.45, 7) is 5.53. The molecule has 0 aliphatic carbocycles. The van der Waals surface area contributed by atoms with Gasteiger partial charge in [0.05, 0.1) is 5.52 Å². The number of pyridine rings is 1. The van der Waals surface area contributed by atoms with E-state index >= 15 is 0 Å². The van der Waals surface area contributed by atoms with Gasteiger partial charge in [-0.3, -0.25) is 9.59 Å². The van der Waals surface area contributed by atoms with Crippen LogP contribution in [-0.2, 0) is 4.79 Å². The summed E-state index contributed by atoms with van der Waals surface area (Å²) in [5, 5.41) is 12.0. The summed E-state index contributed by atoms with van der Waals surface area (Å²) in [5.41, 5.74) is 4.91. The van der Waals surface area contributed by atoms with Crippen LogP contribution in [0.3, 0.4) is 0 Å². The second kappa shape index (κ2) is 9.77. The van der Waals surface area contributed by atoms with Crippen molar-refractivity contribution in [1.82, 2.24) is 9.88 Å². The van der Waals surface area contributed by atoms with E-state index in [0.29, 0.717) is 23.0 Å². The van der Waals surface area contributed by atoms with Crippen LogP contribution in [0.25, 0.3) is 33.2 Å². The number of carbonyl (C=O) groups excluding carboxylic acids is 1. The van der Waals surface area contributed by atoms with Crippen LogP contribution in [0, 0.1) is 13.8 Å². The minimum Gasteiger partial charge on any atom is -0.507 e. The first-order chi connectivity index (χ1) is 19.9. The molecule has 1 amide bonds. The summed E-state index contributed by atoms with van der Waals surface area (Å²) in [6.07, 6.45) is 3.27. The zero-order chi connectivity index (χ0) is 28.2. The molecule has 2 aliphatic rings. The smallest absolute Gasteiger partial charge is 0.223 e. The van der Waals surface area contributed by atoms with Gasteiger partial charge in [-0.1, -0.05) is 42.0 Å². The molecule has 0 radical (unpaired) electrons. The number of fused-ring (bicyclic) bond motifs is 5. The van der Waals surface area contributed by atoms with Gasteiger partial charge < -0.3 is 19.2 Å². The fourth-order valence-electron chi connectivity index (χ4n) is 6.37. The Bertz CT molecular complexity index is 1910. The summed E-state index contributed by atoms with van der Waals surface area (Å²) in [7, 11) is 0. The van der Waals surface area contributed by atoms with Crippen LogP contribution in [0.5, 0.6) is 17.4 Å². The lowest BCUT2D eigenvalue weighted by Crippen LogP contribution is -2.36. The number of aromatic nitrogens is 1. The number of rotatable bonds is 3. The number of phenols is 1. The quantitative estimate of drug-likeness (QED) is 0.263. The van der Waals surface area contributed by atoms with E-state index in [1.54, 1.807) is 0 Å². The Kier molecular flexibility index (Phi) is 6.03. The fourth-order valence-corrected chi connectivity index (χ4v) is 6.37. The molecule has 1 N–H and O–H groups in total. The lowest BCUT2D eigenvalue weighted by atomic mass is 9.84. The van der Waals surface area contributed by atoms with Crippen molar-refractivity contribution in [2.24, 2.45) is 0 Å². The molecule has 7 nitrogen and oxygen atoms in total.